The van der Waals surface area contributed by atoms with Crippen LogP contribution in [-0.2, 0) is 16.0 Å². The van der Waals surface area contributed by atoms with Crippen LogP contribution in [0.4, 0.5) is 0 Å². The Morgan fingerprint density at radius 3 is 2.53 bits per heavy atom. The second-order valence-electron chi connectivity index (χ2n) is 4.15. The molecule has 0 atom stereocenters. The number of esters is 1. The third-order valence-corrected chi connectivity index (χ3v) is 2.92. The molecule has 0 spiro atoms. The highest BCUT2D eigenvalue weighted by atomic mass is 16.5. The van der Waals surface area contributed by atoms with E-state index in [0.29, 0.717) is 5.56 Å². The Kier molecular flexibility index (Phi) is 4.08. The van der Waals surface area contributed by atoms with Crippen molar-refractivity contribution in [2.24, 2.45) is 0 Å². The van der Waals surface area contributed by atoms with E-state index in [4.69, 9.17) is 4.74 Å². The van der Waals surface area contributed by atoms with Crippen molar-refractivity contribution in [1.29, 1.82) is 0 Å². The zero-order valence-electron chi connectivity index (χ0n) is 10.6. The minimum atomic E-state index is -0.295. The highest BCUT2D eigenvalue weighted by Crippen LogP contribution is 2.25. The van der Waals surface area contributed by atoms with E-state index in [1.54, 1.807) is 18.2 Å². The van der Waals surface area contributed by atoms with Crippen LogP contribution in [0.2, 0.25) is 0 Å². The molecule has 0 aliphatic carbocycles. The number of carbonyl (C=O) groups excluding carboxylic acids is 2. The molecule has 3 nitrogen and oxygen atoms in total. The van der Waals surface area contributed by atoms with Gasteiger partial charge >= 0.3 is 5.97 Å². The minimum Gasteiger partial charge on any atom is -0.469 e. The zero-order chi connectivity index (χ0) is 13.7. The summed E-state index contributed by atoms with van der Waals surface area (Å²) in [5.41, 5.74) is 3.30. The van der Waals surface area contributed by atoms with Crippen molar-refractivity contribution in [2.45, 2.75) is 6.42 Å². The Balaban J connectivity index is 2.48. The van der Waals surface area contributed by atoms with Gasteiger partial charge in [-0.2, -0.15) is 0 Å². The highest BCUT2D eigenvalue weighted by molar-refractivity contribution is 5.83. The monoisotopic (exact) mass is 254 g/mol. The van der Waals surface area contributed by atoms with Gasteiger partial charge in [0, 0.05) is 5.56 Å². The van der Waals surface area contributed by atoms with Crippen molar-refractivity contribution >= 4 is 12.3 Å². The number of rotatable bonds is 4. The number of aldehydes is 1. The maximum Gasteiger partial charge on any atom is 0.309 e. The fourth-order valence-corrected chi connectivity index (χ4v) is 1.94. The highest BCUT2D eigenvalue weighted by Gasteiger charge is 2.10. The predicted octanol–water partition coefficient (Wildman–Crippen LogP) is 2.88. The first-order chi connectivity index (χ1) is 9.24. The first-order valence-electron chi connectivity index (χ1n) is 5.95. The van der Waals surface area contributed by atoms with Crippen LogP contribution in [0.25, 0.3) is 11.1 Å². The van der Waals surface area contributed by atoms with Crippen molar-refractivity contribution in [3.05, 3.63) is 59.7 Å². The van der Waals surface area contributed by atoms with Gasteiger partial charge in [-0.25, -0.2) is 0 Å². The van der Waals surface area contributed by atoms with Crippen LogP contribution in [-0.4, -0.2) is 19.4 Å². The Hall–Kier alpha value is -2.42. The lowest BCUT2D eigenvalue weighted by Gasteiger charge is -2.09. The molecule has 19 heavy (non-hydrogen) atoms. The largest absolute Gasteiger partial charge is 0.469 e. The molecular weight excluding hydrogens is 240 g/mol. The molecule has 0 fully saturated rings. The van der Waals surface area contributed by atoms with Crippen LogP contribution < -0.4 is 0 Å². The molecule has 0 amide bonds. The number of benzene rings is 2. The molecule has 0 heterocycles. The average molecular weight is 254 g/mol. The van der Waals surface area contributed by atoms with Crippen molar-refractivity contribution in [1.82, 2.24) is 0 Å². The molecule has 0 unspecified atom stereocenters. The summed E-state index contributed by atoms with van der Waals surface area (Å²) in [5, 5.41) is 0. The summed E-state index contributed by atoms with van der Waals surface area (Å²) in [6.45, 7) is 0. The third kappa shape index (κ3) is 3.07. The number of methoxy groups -OCH3 is 1. The summed E-state index contributed by atoms with van der Waals surface area (Å²) in [7, 11) is 1.37. The molecule has 0 aliphatic heterocycles. The maximum atomic E-state index is 11.4. The van der Waals surface area contributed by atoms with Gasteiger partial charge in [0.1, 0.15) is 6.29 Å². The van der Waals surface area contributed by atoms with E-state index in [1.807, 2.05) is 30.3 Å². The first-order valence-corrected chi connectivity index (χ1v) is 5.95. The van der Waals surface area contributed by atoms with Gasteiger partial charge in [-0.1, -0.05) is 42.5 Å². The standard InChI is InChI=1S/C16H14O3/c1-19-16(18)10-14-8-7-12(11-17)9-15(14)13-5-3-2-4-6-13/h2-9,11H,10H2,1H3. The van der Waals surface area contributed by atoms with E-state index >= 15 is 0 Å². The van der Waals surface area contributed by atoms with Crippen LogP contribution in [0, 0.1) is 0 Å². The number of carbonyl (C=O) groups is 2. The normalized spacial score (nSPS) is 9.95. The molecule has 0 aromatic heterocycles. The van der Waals surface area contributed by atoms with Crippen molar-refractivity contribution < 1.29 is 14.3 Å². The molecule has 0 saturated carbocycles. The minimum absolute atomic E-state index is 0.194. The van der Waals surface area contributed by atoms with E-state index in [2.05, 4.69) is 0 Å². The Morgan fingerprint density at radius 1 is 1.16 bits per heavy atom. The third-order valence-electron chi connectivity index (χ3n) is 2.92. The van der Waals surface area contributed by atoms with E-state index in [0.717, 1.165) is 23.0 Å². The summed E-state index contributed by atoms with van der Waals surface area (Å²) >= 11 is 0. The summed E-state index contributed by atoms with van der Waals surface area (Å²) in [5.74, 6) is -0.295. The number of hydrogen-bond acceptors (Lipinski definition) is 3. The molecule has 0 radical (unpaired) electrons. The van der Waals surface area contributed by atoms with Crippen LogP contribution in [0.1, 0.15) is 15.9 Å². The predicted molar refractivity (Wildman–Crippen MR) is 73.0 cm³/mol. The fraction of sp³-hybridized carbons (Fsp3) is 0.125. The molecule has 3 heteroatoms. The van der Waals surface area contributed by atoms with Crippen LogP contribution in [0.15, 0.2) is 48.5 Å². The average Bonchev–Trinajstić information content (AvgIpc) is 2.48. The smallest absolute Gasteiger partial charge is 0.309 e. The summed E-state index contributed by atoms with van der Waals surface area (Å²) in [6.07, 6.45) is 0.994. The zero-order valence-corrected chi connectivity index (χ0v) is 10.6. The van der Waals surface area contributed by atoms with Gasteiger partial charge in [0.05, 0.1) is 13.5 Å². The van der Waals surface area contributed by atoms with E-state index in [9.17, 15) is 9.59 Å². The number of ether oxygens (including phenoxy) is 1. The molecule has 96 valence electrons. The van der Waals surface area contributed by atoms with Gasteiger partial charge in [0.2, 0.25) is 0 Å². The summed E-state index contributed by atoms with van der Waals surface area (Å²) in [4.78, 5) is 22.3. The van der Waals surface area contributed by atoms with Crippen LogP contribution >= 0.6 is 0 Å². The van der Waals surface area contributed by atoms with Crippen molar-refractivity contribution in [3.63, 3.8) is 0 Å². The lowest BCUT2D eigenvalue weighted by molar-refractivity contribution is -0.139. The summed E-state index contributed by atoms with van der Waals surface area (Å²) < 4.78 is 4.69. The van der Waals surface area contributed by atoms with Gasteiger partial charge in [0.15, 0.2) is 0 Å². The molecular formula is C16H14O3. The van der Waals surface area contributed by atoms with E-state index in [1.165, 1.54) is 7.11 Å². The second kappa shape index (κ2) is 5.96. The lowest BCUT2D eigenvalue weighted by Crippen LogP contribution is -2.06. The molecule has 0 N–H and O–H groups in total. The lowest BCUT2D eigenvalue weighted by atomic mass is 9.96. The Bertz CT molecular complexity index is 588. The second-order valence-corrected chi connectivity index (χ2v) is 4.15. The van der Waals surface area contributed by atoms with Gasteiger partial charge in [-0.3, -0.25) is 9.59 Å². The van der Waals surface area contributed by atoms with E-state index in [-0.39, 0.29) is 12.4 Å². The molecule has 0 aliphatic rings. The molecule has 2 rings (SSSR count). The maximum absolute atomic E-state index is 11.4. The van der Waals surface area contributed by atoms with Gasteiger partial charge in [-0.05, 0) is 22.8 Å². The van der Waals surface area contributed by atoms with Crippen molar-refractivity contribution in [3.8, 4) is 11.1 Å². The number of hydrogen-bond donors (Lipinski definition) is 0. The molecule has 2 aromatic carbocycles. The van der Waals surface area contributed by atoms with Crippen LogP contribution in [0.3, 0.4) is 0 Å². The topological polar surface area (TPSA) is 43.4 Å². The van der Waals surface area contributed by atoms with Gasteiger partial charge in [-0.15, -0.1) is 0 Å². The Morgan fingerprint density at radius 2 is 1.89 bits per heavy atom. The molecule has 2 aromatic rings. The quantitative estimate of drug-likeness (QED) is 0.622. The first kappa shape index (κ1) is 13.0. The SMILES string of the molecule is COC(=O)Cc1ccc(C=O)cc1-c1ccccc1. The molecule has 0 saturated heterocycles. The van der Waals surface area contributed by atoms with Gasteiger partial charge < -0.3 is 4.74 Å². The van der Waals surface area contributed by atoms with E-state index < -0.39 is 0 Å². The Labute approximate surface area is 111 Å². The molecule has 0 bridgehead atoms. The van der Waals surface area contributed by atoms with Crippen molar-refractivity contribution in [2.75, 3.05) is 7.11 Å². The van der Waals surface area contributed by atoms with Gasteiger partial charge in [0.25, 0.3) is 0 Å². The summed E-state index contributed by atoms with van der Waals surface area (Å²) in [6, 6.07) is 15.0. The fourth-order valence-electron chi connectivity index (χ4n) is 1.94. The van der Waals surface area contributed by atoms with Crippen LogP contribution in [0.5, 0.6) is 0 Å².